The van der Waals surface area contributed by atoms with Crippen LogP contribution in [0.25, 0.3) is 0 Å². The number of aryl methyl sites for hydroxylation is 1. The van der Waals surface area contributed by atoms with Crippen LogP contribution in [0.5, 0.6) is 0 Å². The summed E-state index contributed by atoms with van der Waals surface area (Å²) in [5.41, 5.74) is 0.947. The van der Waals surface area contributed by atoms with E-state index >= 15 is 0 Å². The maximum absolute atomic E-state index is 12.4. The molecule has 3 heterocycles. The summed E-state index contributed by atoms with van der Waals surface area (Å²) in [7, 11) is 0. The van der Waals surface area contributed by atoms with Gasteiger partial charge in [-0.15, -0.1) is 11.3 Å². The first-order valence-electron chi connectivity index (χ1n) is 8.71. The van der Waals surface area contributed by atoms with E-state index in [9.17, 15) is 9.59 Å². The van der Waals surface area contributed by atoms with E-state index in [0.717, 1.165) is 36.3 Å². The second-order valence-electron chi connectivity index (χ2n) is 6.46. The van der Waals surface area contributed by atoms with Crippen LogP contribution in [-0.2, 0) is 17.6 Å². The lowest BCUT2D eigenvalue weighted by Gasteiger charge is -2.25. The molecular formula is C18H20N4O2S. The number of pyridine rings is 1. The summed E-state index contributed by atoms with van der Waals surface area (Å²) in [6.07, 6.45) is 6.23. The van der Waals surface area contributed by atoms with Crippen LogP contribution in [0.1, 0.15) is 39.6 Å². The predicted molar refractivity (Wildman–Crippen MR) is 95.8 cm³/mol. The van der Waals surface area contributed by atoms with Gasteiger partial charge in [-0.3, -0.25) is 19.5 Å². The van der Waals surface area contributed by atoms with Crippen LogP contribution in [0.3, 0.4) is 0 Å². The smallest absolute Gasteiger partial charge is 0.280 e. The van der Waals surface area contributed by atoms with Crippen molar-refractivity contribution in [2.45, 2.75) is 32.1 Å². The maximum Gasteiger partial charge on any atom is 0.280 e. The molecule has 2 aromatic heterocycles. The van der Waals surface area contributed by atoms with E-state index in [1.165, 1.54) is 11.3 Å². The normalized spacial score (nSPS) is 16.4. The molecule has 1 N–H and O–H groups in total. The monoisotopic (exact) mass is 356 g/mol. The van der Waals surface area contributed by atoms with E-state index in [-0.39, 0.29) is 17.7 Å². The van der Waals surface area contributed by atoms with Crippen molar-refractivity contribution in [3.05, 3.63) is 40.0 Å². The summed E-state index contributed by atoms with van der Waals surface area (Å²) in [6.45, 7) is 1.23. The molecule has 1 aliphatic heterocycles. The van der Waals surface area contributed by atoms with Gasteiger partial charge >= 0.3 is 0 Å². The van der Waals surface area contributed by atoms with Gasteiger partial charge in [-0.05, 0) is 37.8 Å². The van der Waals surface area contributed by atoms with Crippen LogP contribution in [0, 0.1) is 5.92 Å². The van der Waals surface area contributed by atoms with Crippen LogP contribution in [0.4, 0.5) is 5.82 Å². The quantitative estimate of drug-likeness (QED) is 0.891. The van der Waals surface area contributed by atoms with E-state index < -0.39 is 0 Å². The Hall–Kier alpha value is -2.28. The van der Waals surface area contributed by atoms with Crippen LogP contribution >= 0.6 is 11.3 Å². The van der Waals surface area contributed by atoms with Crippen molar-refractivity contribution in [3.8, 4) is 0 Å². The van der Waals surface area contributed by atoms with Gasteiger partial charge in [0.05, 0.1) is 0 Å². The minimum atomic E-state index is -0.172. The second kappa shape index (κ2) is 6.92. The highest BCUT2D eigenvalue weighted by Crippen LogP contribution is 2.37. The molecule has 2 amide bonds. The average molecular weight is 356 g/mol. The summed E-state index contributed by atoms with van der Waals surface area (Å²) in [6, 6.07) is 5.75. The van der Waals surface area contributed by atoms with Crippen molar-refractivity contribution in [2.75, 3.05) is 18.0 Å². The highest BCUT2D eigenvalue weighted by molar-refractivity contribution is 7.14. The molecule has 4 rings (SSSR count). The Balaban J connectivity index is 1.41. The number of anilines is 1. The minimum absolute atomic E-state index is 0.170. The number of hydrogen-bond donors (Lipinski definition) is 1. The van der Waals surface area contributed by atoms with Gasteiger partial charge in [-0.2, -0.15) is 0 Å². The largest absolute Gasteiger partial charge is 0.350 e. The van der Waals surface area contributed by atoms with Crippen LogP contribution < -0.4 is 10.2 Å². The lowest BCUT2D eigenvalue weighted by atomic mass is 10.1. The van der Waals surface area contributed by atoms with E-state index in [1.807, 2.05) is 18.2 Å². The molecule has 6 nitrogen and oxygen atoms in total. The maximum atomic E-state index is 12.4. The van der Waals surface area contributed by atoms with Crippen molar-refractivity contribution in [3.63, 3.8) is 0 Å². The molecule has 2 aromatic rings. The average Bonchev–Trinajstić information content (AvgIpc) is 3.39. The number of carbonyl (C=O) groups is 2. The van der Waals surface area contributed by atoms with Gasteiger partial charge in [0.25, 0.3) is 5.91 Å². The topological polar surface area (TPSA) is 75.2 Å². The molecule has 0 bridgehead atoms. The third-order valence-electron chi connectivity index (χ3n) is 4.50. The van der Waals surface area contributed by atoms with Gasteiger partial charge < -0.3 is 5.32 Å². The third-order valence-corrected chi connectivity index (χ3v) is 5.60. The number of carbonyl (C=O) groups excluding carboxylic acids is 2. The van der Waals surface area contributed by atoms with Crippen molar-refractivity contribution in [2.24, 2.45) is 5.92 Å². The number of fused-ring (bicyclic) bond motifs is 1. The number of thiazole rings is 1. The summed E-state index contributed by atoms with van der Waals surface area (Å²) < 4.78 is 0. The van der Waals surface area contributed by atoms with Gasteiger partial charge in [0.1, 0.15) is 5.82 Å². The molecule has 0 saturated heterocycles. The van der Waals surface area contributed by atoms with Crippen molar-refractivity contribution >= 4 is 29.0 Å². The number of nitrogens with zero attached hydrogens (tertiary/aromatic N) is 3. The van der Waals surface area contributed by atoms with Crippen LogP contribution in [0.15, 0.2) is 24.4 Å². The first kappa shape index (κ1) is 16.2. The van der Waals surface area contributed by atoms with Gasteiger partial charge in [-0.1, -0.05) is 6.07 Å². The Morgan fingerprint density at radius 2 is 2.20 bits per heavy atom. The SMILES string of the molecule is O=C(NCCc1ccccn1)c1nc2c(s1)CCCN2C(=O)C1CC1. The van der Waals surface area contributed by atoms with Crippen LogP contribution in [0.2, 0.25) is 0 Å². The van der Waals surface area contributed by atoms with Gasteiger partial charge in [0, 0.05) is 42.2 Å². The Morgan fingerprint density at radius 3 is 2.96 bits per heavy atom. The molecule has 25 heavy (non-hydrogen) atoms. The standard InChI is InChI=1S/C18H20N4O2S/c23-16(20-10-8-13-4-1-2-9-19-13)17-21-15-14(25-17)5-3-11-22(15)18(24)12-6-7-12/h1-2,4,9,12H,3,5-8,10-11H2,(H,20,23). The van der Waals surface area contributed by atoms with Gasteiger partial charge in [0.15, 0.2) is 5.01 Å². The Labute approximate surface area is 150 Å². The summed E-state index contributed by atoms with van der Waals surface area (Å²) >= 11 is 1.41. The van der Waals surface area contributed by atoms with Crippen molar-refractivity contribution in [1.29, 1.82) is 0 Å². The molecule has 2 aliphatic rings. The van der Waals surface area contributed by atoms with Gasteiger partial charge in [0.2, 0.25) is 5.91 Å². The fraction of sp³-hybridized carbons (Fsp3) is 0.444. The molecule has 1 fully saturated rings. The third kappa shape index (κ3) is 3.56. The number of amides is 2. The minimum Gasteiger partial charge on any atom is -0.350 e. The summed E-state index contributed by atoms with van der Waals surface area (Å²) in [5.74, 6) is 0.883. The Morgan fingerprint density at radius 1 is 1.32 bits per heavy atom. The zero-order chi connectivity index (χ0) is 17.2. The van der Waals surface area contributed by atoms with E-state index in [2.05, 4.69) is 15.3 Å². The fourth-order valence-electron chi connectivity index (χ4n) is 3.01. The number of hydrogen-bond acceptors (Lipinski definition) is 5. The first-order valence-corrected chi connectivity index (χ1v) is 9.53. The van der Waals surface area contributed by atoms with E-state index in [0.29, 0.717) is 30.3 Å². The zero-order valence-electron chi connectivity index (χ0n) is 13.9. The molecule has 1 saturated carbocycles. The molecule has 0 aromatic carbocycles. The predicted octanol–water partition coefficient (Wildman–Crippen LogP) is 2.20. The van der Waals surface area contributed by atoms with Crippen LogP contribution in [-0.4, -0.2) is 34.9 Å². The molecule has 130 valence electrons. The lowest BCUT2D eigenvalue weighted by molar-refractivity contribution is -0.119. The second-order valence-corrected chi connectivity index (χ2v) is 7.54. The summed E-state index contributed by atoms with van der Waals surface area (Å²) in [5, 5.41) is 3.35. The molecule has 0 unspecified atom stereocenters. The molecule has 0 radical (unpaired) electrons. The zero-order valence-corrected chi connectivity index (χ0v) is 14.7. The number of aromatic nitrogens is 2. The highest BCUT2D eigenvalue weighted by Gasteiger charge is 2.37. The number of rotatable bonds is 5. The lowest BCUT2D eigenvalue weighted by Crippen LogP contribution is -2.36. The van der Waals surface area contributed by atoms with Gasteiger partial charge in [-0.25, -0.2) is 4.98 Å². The first-order chi connectivity index (χ1) is 12.2. The molecule has 0 spiro atoms. The van der Waals surface area contributed by atoms with E-state index in [4.69, 9.17) is 0 Å². The molecule has 0 atom stereocenters. The number of nitrogens with one attached hydrogen (secondary N) is 1. The van der Waals surface area contributed by atoms with E-state index in [1.54, 1.807) is 11.1 Å². The molecule has 1 aliphatic carbocycles. The fourth-order valence-corrected chi connectivity index (χ4v) is 4.03. The van der Waals surface area contributed by atoms with Crippen molar-refractivity contribution < 1.29 is 9.59 Å². The Kier molecular flexibility index (Phi) is 4.48. The molecular weight excluding hydrogens is 336 g/mol. The Bertz CT molecular complexity index is 786. The van der Waals surface area contributed by atoms with Crippen molar-refractivity contribution in [1.82, 2.24) is 15.3 Å². The highest BCUT2D eigenvalue weighted by atomic mass is 32.1. The molecule has 7 heteroatoms. The summed E-state index contributed by atoms with van der Waals surface area (Å²) in [4.78, 5) is 36.4.